The van der Waals surface area contributed by atoms with Crippen LogP contribution in [0.1, 0.15) is 10.5 Å². The quantitative estimate of drug-likeness (QED) is 0.885. The zero-order chi connectivity index (χ0) is 13.7. The highest BCUT2D eigenvalue weighted by atomic mass is 35.5. The van der Waals surface area contributed by atoms with Gasteiger partial charge in [0.2, 0.25) is 0 Å². The number of nitrogens with zero attached hydrogens (tertiary/aromatic N) is 1. The second kappa shape index (κ2) is 5.97. The Labute approximate surface area is 114 Å². The van der Waals surface area contributed by atoms with Gasteiger partial charge in [-0.1, -0.05) is 17.7 Å². The predicted molar refractivity (Wildman–Crippen MR) is 72.2 cm³/mol. The van der Waals surface area contributed by atoms with E-state index in [4.69, 9.17) is 11.6 Å². The number of hydrogen-bond donors (Lipinski definition) is 2. The van der Waals surface area contributed by atoms with E-state index >= 15 is 0 Å². The fourth-order valence-electron chi connectivity index (χ4n) is 1.36. The first kappa shape index (κ1) is 13.0. The van der Waals surface area contributed by atoms with E-state index in [1.807, 2.05) is 0 Å². The van der Waals surface area contributed by atoms with E-state index < -0.39 is 11.9 Å². The van der Waals surface area contributed by atoms with Crippen molar-refractivity contribution in [1.82, 2.24) is 10.3 Å². The minimum absolute atomic E-state index is 0.175. The maximum Gasteiger partial charge on any atom is 0.326 e. The van der Waals surface area contributed by atoms with Crippen LogP contribution in [0.5, 0.6) is 0 Å². The van der Waals surface area contributed by atoms with Crippen molar-refractivity contribution in [3.63, 3.8) is 0 Å². The largest absolute Gasteiger partial charge is 0.326 e. The lowest BCUT2D eigenvalue weighted by molar-refractivity contribution is 0.0962. The van der Waals surface area contributed by atoms with Crippen LogP contribution in [0.2, 0.25) is 5.02 Å². The number of pyridine rings is 1. The summed E-state index contributed by atoms with van der Waals surface area (Å²) in [5.74, 6) is -0.563. The highest BCUT2D eigenvalue weighted by Crippen LogP contribution is 2.13. The molecule has 96 valence electrons. The normalized spacial score (nSPS) is 9.74. The van der Waals surface area contributed by atoms with Crippen molar-refractivity contribution in [3.8, 4) is 0 Å². The van der Waals surface area contributed by atoms with Crippen LogP contribution in [0, 0.1) is 0 Å². The highest BCUT2D eigenvalue weighted by molar-refractivity contribution is 6.30. The van der Waals surface area contributed by atoms with Crippen molar-refractivity contribution in [2.24, 2.45) is 0 Å². The third-order valence-corrected chi connectivity index (χ3v) is 2.48. The molecular weight excluding hydrogens is 266 g/mol. The molecule has 0 saturated carbocycles. The minimum atomic E-state index is -0.627. The zero-order valence-electron chi connectivity index (χ0n) is 9.76. The van der Waals surface area contributed by atoms with Gasteiger partial charge in [0.05, 0.1) is 0 Å². The van der Waals surface area contributed by atoms with Crippen LogP contribution < -0.4 is 10.6 Å². The molecule has 5 nitrogen and oxygen atoms in total. The molecule has 1 aromatic carbocycles. The van der Waals surface area contributed by atoms with E-state index in [0.29, 0.717) is 10.7 Å². The fraction of sp³-hybridized carbons (Fsp3) is 0. The molecule has 3 amide bonds. The number of carbonyl (C=O) groups excluding carboxylic acids is 2. The first-order valence-electron chi connectivity index (χ1n) is 5.44. The molecule has 0 fully saturated rings. The summed E-state index contributed by atoms with van der Waals surface area (Å²) in [5, 5.41) is 5.25. The molecule has 1 aromatic heterocycles. The van der Waals surface area contributed by atoms with E-state index in [1.165, 1.54) is 12.3 Å². The predicted octanol–water partition coefficient (Wildman–Crippen LogP) is 2.70. The van der Waals surface area contributed by atoms with Gasteiger partial charge in [0.1, 0.15) is 5.69 Å². The number of rotatable bonds is 2. The highest BCUT2D eigenvalue weighted by Gasteiger charge is 2.10. The lowest BCUT2D eigenvalue weighted by Gasteiger charge is -2.06. The number of benzene rings is 1. The smallest absolute Gasteiger partial charge is 0.308 e. The summed E-state index contributed by atoms with van der Waals surface area (Å²) >= 11 is 5.72. The number of imide groups is 1. The lowest BCUT2D eigenvalue weighted by Crippen LogP contribution is -2.34. The first-order chi connectivity index (χ1) is 9.15. The number of carbonyl (C=O) groups is 2. The van der Waals surface area contributed by atoms with Gasteiger partial charge in [-0.05, 0) is 36.4 Å². The van der Waals surface area contributed by atoms with Crippen molar-refractivity contribution in [3.05, 3.63) is 59.4 Å². The number of urea groups is 1. The van der Waals surface area contributed by atoms with Gasteiger partial charge in [0.15, 0.2) is 0 Å². The Bertz CT molecular complexity index is 585. The number of hydrogen-bond acceptors (Lipinski definition) is 3. The third kappa shape index (κ3) is 3.79. The summed E-state index contributed by atoms with van der Waals surface area (Å²) in [4.78, 5) is 27.1. The van der Waals surface area contributed by atoms with Crippen LogP contribution >= 0.6 is 11.6 Å². The molecule has 0 aliphatic carbocycles. The lowest BCUT2D eigenvalue weighted by atomic mass is 10.3. The van der Waals surface area contributed by atoms with Gasteiger partial charge in [0.25, 0.3) is 5.91 Å². The SMILES string of the molecule is O=C(NC(=O)c1ccccn1)Nc1ccc(Cl)cc1. The second-order valence-corrected chi connectivity index (χ2v) is 4.07. The molecule has 0 aliphatic rings. The molecule has 0 unspecified atom stereocenters. The summed E-state index contributed by atoms with van der Waals surface area (Å²) in [5.41, 5.74) is 0.712. The maximum absolute atomic E-state index is 11.6. The molecule has 0 atom stereocenters. The molecule has 6 heteroatoms. The van der Waals surface area contributed by atoms with Crippen molar-refractivity contribution < 1.29 is 9.59 Å². The summed E-state index contributed by atoms with van der Waals surface area (Å²) in [6.45, 7) is 0. The van der Waals surface area contributed by atoms with Crippen molar-refractivity contribution >= 4 is 29.2 Å². The minimum Gasteiger partial charge on any atom is -0.308 e. The molecule has 2 aromatic rings. The van der Waals surface area contributed by atoms with E-state index in [9.17, 15) is 9.59 Å². The zero-order valence-corrected chi connectivity index (χ0v) is 10.5. The standard InChI is InChI=1S/C13H10ClN3O2/c14-9-4-6-10(7-5-9)16-13(19)17-12(18)11-3-1-2-8-15-11/h1-8H,(H2,16,17,18,19). The summed E-state index contributed by atoms with van der Waals surface area (Å²) < 4.78 is 0. The van der Waals surface area contributed by atoms with Crippen LogP contribution in [-0.4, -0.2) is 16.9 Å². The van der Waals surface area contributed by atoms with Gasteiger partial charge in [-0.3, -0.25) is 15.1 Å². The molecule has 0 spiro atoms. The van der Waals surface area contributed by atoms with Gasteiger partial charge in [-0.15, -0.1) is 0 Å². The van der Waals surface area contributed by atoms with Crippen molar-refractivity contribution in [2.45, 2.75) is 0 Å². The van der Waals surface area contributed by atoms with Gasteiger partial charge in [-0.25, -0.2) is 4.79 Å². The fourth-order valence-corrected chi connectivity index (χ4v) is 1.49. The van der Waals surface area contributed by atoms with Gasteiger partial charge < -0.3 is 5.32 Å². The Hall–Kier alpha value is -2.40. The Morgan fingerprint density at radius 2 is 1.79 bits per heavy atom. The van der Waals surface area contributed by atoms with Crippen LogP contribution in [0.4, 0.5) is 10.5 Å². The summed E-state index contributed by atoms with van der Waals surface area (Å²) in [6.07, 6.45) is 1.48. The monoisotopic (exact) mass is 275 g/mol. The topological polar surface area (TPSA) is 71.1 Å². The number of halogens is 1. The van der Waals surface area contributed by atoms with E-state index in [2.05, 4.69) is 15.6 Å². The molecule has 0 aliphatic heterocycles. The Kier molecular flexibility index (Phi) is 4.10. The molecule has 19 heavy (non-hydrogen) atoms. The van der Waals surface area contributed by atoms with Crippen LogP contribution in [0.15, 0.2) is 48.7 Å². The average molecular weight is 276 g/mol. The van der Waals surface area contributed by atoms with Gasteiger partial charge in [-0.2, -0.15) is 0 Å². The van der Waals surface area contributed by atoms with Crippen LogP contribution in [0.25, 0.3) is 0 Å². The summed E-state index contributed by atoms with van der Waals surface area (Å²) in [7, 11) is 0. The Morgan fingerprint density at radius 3 is 2.42 bits per heavy atom. The molecule has 0 saturated heterocycles. The second-order valence-electron chi connectivity index (χ2n) is 3.63. The molecular formula is C13H10ClN3O2. The average Bonchev–Trinajstić information content (AvgIpc) is 2.42. The molecule has 2 N–H and O–H groups in total. The van der Waals surface area contributed by atoms with E-state index in [0.717, 1.165) is 0 Å². The number of aromatic nitrogens is 1. The first-order valence-corrected chi connectivity index (χ1v) is 5.82. The van der Waals surface area contributed by atoms with E-state index in [1.54, 1.807) is 36.4 Å². The molecule has 0 bridgehead atoms. The Balaban J connectivity index is 1.95. The molecule has 1 heterocycles. The third-order valence-electron chi connectivity index (χ3n) is 2.23. The molecule has 2 rings (SSSR count). The molecule has 0 radical (unpaired) electrons. The van der Waals surface area contributed by atoms with Crippen LogP contribution in [-0.2, 0) is 0 Å². The van der Waals surface area contributed by atoms with Crippen LogP contribution in [0.3, 0.4) is 0 Å². The Morgan fingerprint density at radius 1 is 1.05 bits per heavy atom. The number of nitrogens with one attached hydrogen (secondary N) is 2. The number of amides is 3. The maximum atomic E-state index is 11.6. The van der Waals surface area contributed by atoms with E-state index in [-0.39, 0.29) is 5.69 Å². The van der Waals surface area contributed by atoms with Crippen molar-refractivity contribution in [2.75, 3.05) is 5.32 Å². The summed E-state index contributed by atoms with van der Waals surface area (Å²) in [6, 6.07) is 10.8. The van der Waals surface area contributed by atoms with Gasteiger partial charge in [0, 0.05) is 16.9 Å². The van der Waals surface area contributed by atoms with Gasteiger partial charge >= 0.3 is 6.03 Å². The number of anilines is 1. The van der Waals surface area contributed by atoms with Crippen molar-refractivity contribution in [1.29, 1.82) is 0 Å².